The first-order chi connectivity index (χ1) is 12.4. The molecule has 1 aliphatic rings. The minimum Gasteiger partial charge on any atom is -0.264 e. The van der Waals surface area contributed by atoms with Crippen LogP contribution in [-0.2, 0) is 0 Å². The van der Waals surface area contributed by atoms with Crippen LogP contribution in [0.2, 0.25) is 0 Å². The molecule has 0 atom stereocenters. The lowest BCUT2D eigenvalue weighted by Crippen LogP contribution is -1.92. The molecule has 0 radical (unpaired) electrons. The molecule has 25 heavy (non-hydrogen) atoms. The molecule has 0 bridgehead atoms. The molecule has 0 saturated heterocycles. The van der Waals surface area contributed by atoms with E-state index in [1.54, 1.807) is 6.20 Å². The first-order valence-electron chi connectivity index (χ1n) is 8.65. The van der Waals surface area contributed by atoms with E-state index in [0.29, 0.717) is 0 Å². The summed E-state index contributed by atoms with van der Waals surface area (Å²) in [6.07, 6.45) is 8.09. The molecule has 1 aromatic carbocycles. The highest BCUT2D eigenvalue weighted by atomic mass is 14.7. The monoisotopic (exact) mass is 323 g/mol. The summed E-state index contributed by atoms with van der Waals surface area (Å²) >= 11 is 0. The van der Waals surface area contributed by atoms with Gasteiger partial charge in [-0.3, -0.25) is 9.97 Å². The smallest absolute Gasteiger partial charge is 0.0796 e. The van der Waals surface area contributed by atoms with Crippen LogP contribution in [0.25, 0.3) is 33.4 Å². The number of hydrogen-bond donors (Lipinski definition) is 0. The summed E-state index contributed by atoms with van der Waals surface area (Å²) in [5.41, 5.74) is 6.54. The van der Waals surface area contributed by atoms with Crippen molar-refractivity contribution in [2.24, 2.45) is 0 Å². The second kappa shape index (κ2) is 5.78. The van der Waals surface area contributed by atoms with Crippen molar-refractivity contribution in [3.63, 3.8) is 0 Å². The summed E-state index contributed by atoms with van der Waals surface area (Å²) in [5.74, 6) is 0.735. The van der Waals surface area contributed by atoms with E-state index in [0.717, 1.165) is 39.3 Å². The minimum atomic E-state index is 0.735. The van der Waals surface area contributed by atoms with E-state index >= 15 is 0 Å². The van der Waals surface area contributed by atoms with Gasteiger partial charge in [-0.1, -0.05) is 18.2 Å². The van der Waals surface area contributed by atoms with Gasteiger partial charge in [0.05, 0.1) is 16.9 Å². The van der Waals surface area contributed by atoms with Crippen LogP contribution in [0, 0.1) is 0 Å². The standard InChI is InChI=1S/C22H17N3/c1-3-16(15-6-7-15)13-17(4-1)22-19(5-2-11-24-22)21-9-8-18-14-23-12-10-20(18)25-21/h1-5,8-15H,6-7H2. The number of nitrogens with zero attached hydrogens (tertiary/aromatic N) is 3. The number of aromatic nitrogens is 3. The lowest BCUT2D eigenvalue weighted by molar-refractivity contribution is 1.13. The Morgan fingerprint density at radius 2 is 1.84 bits per heavy atom. The zero-order chi connectivity index (χ0) is 16.6. The molecule has 1 fully saturated rings. The number of rotatable bonds is 3. The third kappa shape index (κ3) is 2.68. The van der Waals surface area contributed by atoms with E-state index in [9.17, 15) is 0 Å². The van der Waals surface area contributed by atoms with Crippen molar-refractivity contribution >= 4 is 10.9 Å². The van der Waals surface area contributed by atoms with Crippen LogP contribution in [0.3, 0.4) is 0 Å². The second-order valence-corrected chi connectivity index (χ2v) is 6.56. The van der Waals surface area contributed by atoms with Crippen LogP contribution < -0.4 is 0 Å². The Morgan fingerprint density at radius 3 is 2.76 bits per heavy atom. The Bertz CT molecular complexity index is 1070. The Balaban J connectivity index is 1.65. The van der Waals surface area contributed by atoms with Gasteiger partial charge in [-0.25, -0.2) is 4.98 Å². The maximum absolute atomic E-state index is 4.82. The molecular weight excluding hydrogens is 306 g/mol. The average Bonchev–Trinajstić information content (AvgIpc) is 3.53. The summed E-state index contributed by atoms with van der Waals surface area (Å²) < 4.78 is 0. The maximum atomic E-state index is 4.82. The molecule has 4 aromatic rings. The molecule has 3 heteroatoms. The lowest BCUT2D eigenvalue weighted by atomic mass is 9.99. The fourth-order valence-corrected chi connectivity index (χ4v) is 3.31. The Labute approximate surface area is 146 Å². The van der Waals surface area contributed by atoms with Gasteiger partial charge in [0.25, 0.3) is 0 Å². The minimum absolute atomic E-state index is 0.735. The predicted molar refractivity (Wildman–Crippen MR) is 100 cm³/mol. The van der Waals surface area contributed by atoms with E-state index in [1.807, 2.05) is 24.5 Å². The molecule has 0 amide bonds. The summed E-state index contributed by atoms with van der Waals surface area (Å²) in [5, 5.41) is 1.05. The highest BCUT2D eigenvalue weighted by Crippen LogP contribution is 2.41. The summed E-state index contributed by atoms with van der Waals surface area (Å²) in [6, 6.07) is 18.9. The van der Waals surface area contributed by atoms with Crippen molar-refractivity contribution in [1.82, 2.24) is 15.0 Å². The third-order valence-corrected chi connectivity index (χ3v) is 4.78. The van der Waals surface area contributed by atoms with Crippen molar-refractivity contribution in [3.8, 4) is 22.5 Å². The molecule has 0 aliphatic heterocycles. The molecule has 1 saturated carbocycles. The van der Waals surface area contributed by atoms with Crippen molar-refractivity contribution in [2.45, 2.75) is 18.8 Å². The molecule has 3 aromatic heterocycles. The van der Waals surface area contributed by atoms with Gasteiger partial charge in [-0.2, -0.15) is 0 Å². The predicted octanol–water partition coefficient (Wildman–Crippen LogP) is 5.24. The highest BCUT2D eigenvalue weighted by Gasteiger charge is 2.23. The maximum Gasteiger partial charge on any atom is 0.0796 e. The highest BCUT2D eigenvalue weighted by molar-refractivity contribution is 5.84. The van der Waals surface area contributed by atoms with Gasteiger partial charge in [0.15, 0.2) is 0 Å². The van der Waals surface area contributed by atoms with Crippen LogP contribution in [0.1, 0.15) is 24.3 Å². The third-order valence-electron chi connectivity index (χ3n) is 4.78. The van der Waals surface area contributed by atoms with E-state index < -0.39 is 0 Å². The summed E-state index contributed by atoms with van der Waals surface area (Å²) in [6.45, 7) is 0. The van der Waals surface area contributed by atoms with Crippen LogP contribution in [0.4, 0.5) is 0 Å². The van der Waals surface area contributed by atoms with Crippen molar-refractivity contribution in [3.05, 3.63) is 78.8 Å². The molecular formula is C22H17N3. The largest absolute Gasteiger partial charge is 0.264 e. The normalized spacial score (nSPS) is 13.9. The second-order valence-electron chi connectivity index (χ2n) is 6.56. The fraction of sp³-hybridized carbons (Fsp3) is 0.136. The SMILES string of the molecule is c1cc(-c2ncccc2-c2ccc3cnccc3n2)cc(C2CC2)c1. The molecule has 120 valence electrons. The first-order valence-corrected chi connectivity index (χ1v) is 8.65. The van der Waals surface area contributed by atoms with Crippen molar-refractivity contribution in [2.75, 3.05) is 0 Å². The van der Waals surface area contributed by atoms with Gasteiger partial charge in [-0.05, 0) is 60.7 Å². The van der Waals surface area contributed by atoms with E-state index in [4.69, 9.17) is 4.98 Å². The molecule has 3 nitrogen and oxygen atoms in total. The molecule has 0 unspecified atom stereocenters. The summed E-state index contributed by atoms with van der Waals surface area (Å²) in [4.78, 5) is 13.7. The molecule has 1 aliphatic carbocycles. The van der Waals surface area contributed by atoms with Gasteiger partial charge in [-0.15, -0.1) is 0 Å². The molecule has 0 spiro atoms. The number of benzene rings is 1. The van der Waals surface area contributed by atoms with Crippen LogP contribution in [-0.4, -0.2) is 15.0 Å². The average molecular weight is 323 g/mol. The molecule has 3 heterocycles. The quantitative estimate of drug-likeness (QED) is 0.518. The van der Waals surface area contributed by atoms with E-state index in [2.05, 4.69) is 52.4 Å². The van der Waals surface area contributed by atoms with Crippen molar-refractivity contribution in [1.29, 1.82) is 0 Å². The number of fused-ring (bicyclic) bond motifs is 1. The Morgan fingerprint density at radius 1 is 0.880 bits per heavy atom. The van der Waals surface area contributed by atoms with Gasteiger partial charge in [0, 0.05) is 35.1 Å². The van der Waals surface area contributed by atoms with Gasteiger partial charge >= 0.3 is 0 Å². The van der Waals surface area contributed by atoms with E-state index in [-0.39, 0.29) is 0 Å². The molecule has 5 rings (SSSR count). The number of hydrogen-bond acceptors (Lipinski definition) is 3. The Hall–Kier alpha value is -3.07. The zero-order valence-electron chi connectivity index (χ0n) is 13.8. The van der Waals surface area contributed by atoms with Crippen LogP contribution in [0.5, 0.6) is 0 Å². The summed E-state index contributed by atoms with van der Waals surface area (Å²) in [7, 11) is 0. The lowest BCUT2D eigenvalue weighted by Gasteiger charge is -2.10. The van der Waals surface area contributed by atoms with E-state index in [1.165, 1.54) is 18.4 Å². The molecule has 0 N–H and O–H groups in total. The fourth-order valence-electron chi connectivity index (χ4n) is 3.31. The van der Waals surface area contributed by atoms with Crippen LogP contribution in [0.15, 0.2) is 73.2 Å². The van der Waals surface area contributed by atoms with Gasteiger partial charge in [0.2, 0.25) is 0 Å². The van der Waals surface area contributed by atoms with Gasteiger partial charge in [0.1, 0.15) is 0 Å². The van der Waals surface area contributed by atoms with Crippen LogP contribution >= 0.6 is 0 Å². The zero-order valence-corrected chi connectivity index (χ0v) is 13.8. The van der Waals surface area contributed by atoms with Gasteiger partial charge < -0.3 is 0 Å². The first kappa shape index (κ1) is 14.3. The van der Waals surface area contributed by atoms with Crippen molar-refractivity contribution < 1.29 is 0 Å². The number of pyridine rings is 3. The topological polar surface area (TPSA) is 38.7 Å². The Kier molecular flexibility index (Phi) is 3.30.